The van der Waals surface area contributed by atoms with Crippen molar-refractivity contribution in [3.63, 3.8) is 0 Å². The number of aldehydes is 1. The topological polar surface area (TPSA) is 55.8 Å². The van der Waals surface area contributed by atoms with Crippen molar-refractivity contribution in [1.82, 2.24) is 0 Å². The van der Waals surface area contributed by atoms with Crippen molar-refractivity contribution in [2.75, 3.05) is 14.2 Å². The van der Waals surface area contributed by atoms with E-state index in [0.717, 1.165) is 6.29 Å². The van der Waals surface area contributed by atoms with Gasteiger partial charge in [-0.25, -0.2) is 0 Å². The summed E-state index contributed by atoms with van der Waals surface area (Å²) in [5.41, 5.74) is 0.570. The van der Waals surface area contributed by atoms with E-state index in [9.17, 15) is 9.90 Å². The normalized spacial score (nSPS) is 9.94. The van der Waals surface area contributed by atoms with E-state index in [1.165, 1.54) is 14.2 Å². The predicted octanol–water partition coefficient (Wildman–Crippen LogP) is 2.30. The number of benzene rings is 1. The lowest BCUT2D eigenvalue weighted by atomic mass is 10.1. The van der Waals surface area contributed by atoms with E-state index in [4.69, 9.17) is 9.47 Å². The Bertz CT molecular complexity index is 390. The zero-order chi connectivity index (χ0) is 12.1. The van der Waals surface area contributed by atoms with Crippen molar-refractivity contribution in [2.45, 2.75) is 12.8 Å². The average Bonchev–Trinajstić information content (AvgIpc) is 2.30. The van der Waals surface area contributed by atoms with Gasteiger partial charge in [0.2, 0.25) is 0 Å². The molecular weight excluding hydrogens is 276 g/mol. The molecule has 0 amide bonds. The van der Waals surface area contributed by atoms with Gasteiger partial charge in [-0.15, -0.1) is 0 Å². The quantitative estimate of drug-likeness (QED) is 0.845. The van der Waals surface area contributed by atoms with Gasteiger partial charge in [0.25, 0.3) is 0 Å². The van der Waals surface area contributed by atoms with E-state index < -0.39 is 0 Å². The van der Waals surface area contributed by atoms with Gasteiger partial charge in [-0.1, -0.05) is 0 Å². The van der Waals surface area contributed by atoms with Gasteiger partial charge in [0.1, 0.15) is 12.0 Å². The number of phenolic OH excluding ortho intramolecular Hbond substituents is 1. The summed E-state index contributed by atoms with van der Waals surface area (Å²) in [6, 6.07) is 1.62. The number of carbonyl (C=O) groups is 1. The minimum absolute atomic E-state index is 0.0829. The molecule has 0 fully saturated rings. The van der Waals surface area contributed by atoms with Crippen LogP contribution >= 0.6 is 15.9 Å². The monoisotopic (exact) mass is 288 g/mol. The highest BCUT2D eigenvalue weighted by molar-refractivity contribution is 9.10. The number of hydrogen-bond acceptors (Lipinski definition) is 4. The fourth-order valence-corrected chi connectivity index (χ4v) is 1.91. The number of carbonyl (C=O) groups excluding carboxylic acids is 1. The molecule has 0 saturated carbocycles. The highest BCUT2D eigenvalue weighted by Gasteiger charge is 2.17. The van der Waals surface area contributed by atoms with Crippen LogP contribution in [0, 0.1) is 0 Å². The molecule has 0 aliphatic carbocycles. The molecule has 0 aromatic heterocycles. The second kappa shape index (κ2) is 5.75. The molecule has 0 heterocycles. The minimum atomic E-state index is 0.0829. The Labute approximate surface area is 102 Å². The molecule has 1 aromatic carbocycles. The molecule has 0 atom stereocenters. The first-order valence-corrected chi connectivity index (χ1v) is 5.51. The van der Waals surface area contributed by atoms with Gasteiger partial charge >= 0.3 is 0 Å². The Morgan fingerprint density at radius 3 is 2.62 bits per heavy atom. The van der Waals surface area contributed by atoms with Crippen LogP contribution in [-0.4, -0.2) is 25.6 Å². The highest BCUT2D eigenvalue weighted by Crippen LogP contribution is 2.42. The summed E-state index contributed by atoms with van der Waals surface area (Å²) < 4.78 is 10.8. The van der Waals surface area contributed by atoms with Crippen molar-refractivity contribution in [3.8, 4) is 17.2 Å². The van der Waals surface area contributed by atoms with E-state index in [2.05, 4.69) is 15.9 Å². The molecular formula is C11H13BrO4. The number of rotatable bonds is 5. The van der Waals surface area contributed by atoms with Gasteiger partial charge in [-0.3, -0.25) is 0 Å². The molecule has 0 unspecified atom stereocenters. The van der Waals surface area contributed by atoms with Crippen molar-refractivity contribution in [3.05, 3.63) is 16.1 Å². The maximum atomic E-state index is 10.4. The molecule has 1 aromatic rings. The third-order valence-corrected chi connectivity index (χ3v) is 2.81. The molecule has 0 aliphatic heterocycles. The lowest BCUT2D eigenvalue weighted by Gasteiger charge is -2.14. The van der Waals surface area contributed by atoms with Gasteiger partial charge in [0.15, 0.2) is 11.5 Å². The molecule has 0 aliphatic rings. The zero-order valence-corrected chi connectivity index (χ0v) is 10.7. The van der Waals surface area contributed by atoms with Gasteiger partial charge in [-0.2, -0.15) is 0 Å². The summed E-state index contributed by atoms with van der Waals surface area (Å²) in [5, 5.41) is 9.86. The summed E-state index contributed by atoms with van der Waals surface area (Å²) in [6.45, 7) is 0. The Morgan fingerprint density at radius 1 is 1.44 bits per heavy atom. The summed E-state index contributed by atoms with van der Waals surface area (Å²) in [5.74, 6) is 1.07. The Kier molecular flexibility index (Phi) is 4.61. The predicted molar refractivity (Wildman–Crippen MR) is 63.3 cm³/mol. The van der Waals surface area contributed by atoms with Crippen LogP contribution in [0.2, 0.25) is 0 Å². The van der Waals surface area contributed by atoms with Crippen LogP contribution in [-0.2, 0) is 11.2 Å². The van der Waals surface area contributed by atoms with Crippen LogP contribution in [0.1, 0.15) is 12.0 Å². The van der Waals surface area contributed by atoms with Crippen LogP contribution in [0.4, 0.5) is 0 Å². The molecule has 0 spiro atoms. The first-order chi connectivity index (χ1) is 7.65. The van der Waals surface area contributed by atoms with E-state index in [1.54, 1.807) is 6.07 Å². The largest absolute Gasteiger partial charge is 0.506 e. The van der Waals surface area contributed by atoms with Gasteiger partial charge in [0, 0.05) is 18.1 Å². The molecule has 1 rings (SSSR count). The maximum Gasteiger partial charge on any atom is 0.167 e. The van der Waals surface area contributed by atoms with Crippen LogP contribution in [0.25, 0.3) is 0 Å². The van der Waals surface area contributed by atoms with Crippen molar-refractivity contribution < 1.29 is 19.4 Å². The molecule has 5 heteroatoms. The second-order valence-corrected chi connectivity index (χ2v) is 3.98. The highest BCUT2D eigenvalue weighted by atomic mass is 79.9. The smallest absolute Gasteiger partial charge is 0.167 e. The van der Waals surface area contributed by atoms with E-state index in [-0.39, 0.29) is 5.75 Å². The number of hydrogen-bond donors (Lipinski definition) is 1. The Morgan fingerprint density at radius 2 is 2.12 bits per heavy atom. The Balaban J connectivity index is 3.28. The average molecular weight is 289 g/mol. The zero-order valence-electron chi connectivity index (χ0n) is 9.12. The number of phenols is 1. The maximum absolute atomic E-state index is 10.4. The lowest BCUT2D eigenvalue weighted by molar-refractivity contribution is -0.107. The standard InChI is InChI=1S/C11H13BrO4/c1-15-9-6-8(12)10(14)7(4-3-5-13)11(9)16-2/h5-6,14H,3-4H2,1-2H3. The molecule has 0 radical (unpaired) electrons. The van der Waals surface area contributed by atoms with Crippen LogP contribution < -0.4 is 9.47 Å². The van der Waals surface area contributed by atoms with Crippen molar-refractivity contribution in [1.29, 1.82) is 0 Å². The summed E-state index contributed by atoms with van der Waals surface area (Å²) in [4.78, 5) is 10.4. The third kappa shape index (κ3) is 2.47. The summed E-state index contributed by atoms with van der Waals surface area (Å²) >= 11 is 3.22. The third-order valence-electron chi connectivity index (χ3n) is 2.20. The van der Waals surface area contributed by atoms with Crippen LogP contribution in [0.5, 0.6) is 17.2 Å². The first-order valence-electron chi connectivity index (χ1n) is 4.71. The molecule has 0 saturated heterocycles. The summed E-state index contributed by atoms with van der Waals surface area (Å²) in [6.07, 6.45) is 1.53. The van der Waals surface area contributed by atoms with Crippen molar-refractivity contribution >= 4 is 22.2 Å². The van der Waals surface area contributed by atoms with E-state index >= 15 is 0 Å². The number of methoxy groups -OCH3 is 2. The minimum Gasteiger partial charge on any atom is -0.506 e. The van der Waals surface area contributed by atoms with Gasteiger partial charge in [0.05, 0.1) is 18.7 Å². The Hall–Kier alpha value is -1.23. The number of halogens is 1. The fourth-order valence-electron chi connectivity index (χ4n) is 1.46. The fraction of sp³-hybridized carbons (Fsp3) is 0.364. The number of ether oxygens (including phenoxy) is 2. The van der Waals surface area contributed by atoms with Crippen molar-refractivity contribution in [2.24, 2.45) is 0 Å². The SMILES string of the molecule is COc1cc(Br)c(O)c(CCC=O)c1OC. The lowest BCUT2D eigenvalue weighted by Crippen LogP contribution is -1.98. The van der Waals surface area contributed by atoms with E-state index in [1.807, 2.05) is 0 Å². The molecule has 4 nitrogen and oxygen atoms in total. The van der Waals surface area contributed by atoms with Crippen LogP contribution in [0.15, 0.2) is 10.5 Å². The molecule has 88 valence electrons. The van der Waals surface area contributed by atoms with E-state index in [0.29, 0.717) is 34.4 Å². The first kappa shape index (κ1) is 12.8. The number of aromatic hydroxyl groups is 1. The van der Waals surface area contributed by atoms with Gasteiger partial charge in [-0.05, 0) is 22.4 Å². The second-order valence-electron chi connectivity index (χ2n) is 3.13. The molecule has 16 heavy (non-hydrogen) atoms. The van der Waals surface area contributed by atoms with Crippen LogP contribution in [0.3, 0.4) is 0 Å². The summed E-state index contributed by atoms with van der Waals surface area (Å²) in [7, 11) is 3.01. The van der Waals surface area contributed by atoms with Gasteiger partial charge < -0.3 is 19.4 Å². The molecule has 1 N–H and O–H groups in total. The molecule has 0 bridgehead atoms.